The molecule has 4 saturated carbocycles. The van der Waals surface area contributed by atoms with Gasteiger partial charge in [-0.1, -0.05) is 41.0 Å². The van der Waals surface area contributed by atoms with E-state index in [4.69, 9.17) is 9.47 Å². The van der Waals surface area contributed by atoms with Gasteiger partial charge >= 0.3 is 0 Å². The second-order valence-electron chi connectivity index (χ2n) is 13.6. The Morgan fingerprint density at radius 1 is 0.733 bits per heavy atom. The van der Waals surface area contributed by atoms with Gasteiger partial charge in [0.05, 0.1) is 12.7 Å². The topological polar surface area (TPSA) is 18.5 Å². The van der Waals surface area contributed by atoms with Crippen molar-refractivity contribution >= 4 is 0 Å². The Morgan fingerprint density at radius 3 is 2.27 bits per heavy atom. The zero-order valence-corrected chi connectivity index (χ0v) is 20.3. The Morgan fingerprint density at radius 2 is 1.50 bits per heavy atom. The summed E-state index contributed by atoms with van der Waals surface area (Å²) in [4.78, 5) is 0. The van der Waals surface area contributed by atoms with Gasteiger partial charge in [0.1, 0.15) is 0 Å². The van der Waals surface area contributed by atoms with Crippen LogP contribution in [0.25, 0.3) is 0 Å². The molecule has 0 aromatic carbocycles. The fourth-order valence-corrected chi connectivity index (χ4v) is 10.5. The lowest BCUT2D eigenvalue weighted by Crippen LogP contribution is -2.54. The van der Waals surface area contributed by atoms with E-state index in [0.29, 0.717) is 34.7 Å². The van der Waals surface area contributed by atoms with Gasteiger partial charge in [-0.05, 0) is 104 Å². The van der Waals surface area contributed by atoms with E-state index in [1.54, 1.807) is 0 Å². The summed E-state index contributed by atoms with van der Waals surface area (Å²) in [6.45, 7) is 13.6. The summed E-state index contributed by atoms with van der Waals surface area (Å²) in [6, 6.07) is 0. The molecule has 2 heteroatoms. The van der Waals surface area contributed by atoms with E-state index in [-0.39, 0.29) is 5.79 Å². The minimum Gasteiger partial charge on any atom is -0.349 e. The van der Waals surface area contributed by atoms with Crippen molar-refractivity contribution < 1.29 is 9.47 Å². The molecular weight excluding hydrogens is 368 g/mol. The molecule has 0 radical (unpaired) electrons. The van der Waals surface area contributed by atoms with Crippen molar-refractivity contribution in [1.29, 1.82) is 0 Å². The third-order valence-electron chi connectivity index (χ3n) is 12.2. The largest absolute Gasteiger partial charge is 0.349 e. The van der Waals surface area contributed by atoms with Crippen LogP contribution >= 0.6 is 0 Å². The normalized spacial score (nSPS) is 62.5. The molecule has 6 fully saturated rings. The van der Waals surface area contributed by atoms with E-state index in [0.717, 1.165) is 42.6 Å². The predicted octanol–water partition coefficient (Wildman–Crippen LogP) is 7.07. The number of ether oxygens (including phenoxy) is 2. The Labute approximate surface area is 185 Å². The predicted molar refractivity (Wildman–Crippen MR) is 121 cm³/mol. The van der Waals surface area contributed by atoms with Crippen molar-refractivity contribution in [2.24, 2.45) is 58.2 Å². The van der Waals surface area contributed by atoms with E-state index >= 15 is 0 Å². The summed E-state index contributed by atoms with van der Waals surface area (Å²) in [5, 5.41) is 0. The molecule has 6 aliphatic rings. The molecule has 12 atom stereocenters. The summed E-state index contributed by atoms with van der Waals surface area (Å²) in [6.07, 6.45) is 14.6. The van der Waals surface area contributed by atoms with E-state index in [9.17, 15) is 0 Å². The molecule has 2 saturated heterocycles. The fourth-order valence-electron chi connectivity index (χ4n) is 10.5. The van der Waals surface area contributed by atoms with Crippen molar-refractivity contribution in [3.63, 3.8) is 0 Å². The smallest absolute Gasteiger partial charge is 0.171 e. The Balaban J connectivity index is 1.26. The SMILES string of the molecule is C[C@@H]1CC[C@@]2(C)[C@@H](CC[C@H]3[C@@H]2CC[C@]2(C)[C@@H]4[C@H](C[C@@H]32)O[C@]2(CC[C@H](C)CO2)[C@H]4C)C1. The molecule has 0 aromatic heterocycles. The molecule has 0 N–H and O–H groups in total. The molecule has 0 unspecified atom stereocenters. The number of fused-ring (bicyclic) bond motifs is 7. The lowest BCUT2D eigenvalue weighted by molar-refractivity contribution is -0.273. The molecule has 0 aromatic rings. The standard InChI is InChI=1S/C28H46O2/c1-17-8-11-26(4)20(14-17)6-7-21-22(26)10-12-27(5)23(21)15-24-25(27)19(3)28(30-24)13-9-18(2)16-29-28/h17-25H,6-16H2,1-5H3/t17-,18+,19+,20+,21+,22+,23+,24+,25+,26+,27+,28-/m1/s1. The van der Waals surface area contributed by atoms with Crippen LogP contribution < -0.4 is 0 Å². The van der Waals surface area contributed by atoms with Crippen LogP contribution in [0.15, 0.2) is 0 Å². The molecule has 2 aliphatic heterocycles. The minimum atomic E-state index is -0.254. The average molecular weight is 415 g/mol. The molecule has 0 amide bonds. The molecule has 1 spiro atoms. The van der Waals surface area contributed by atoms with Gasteiger partial charge in [0.2, 0.25) is 0 Å². The Hall–Kier alpha value is -0.0800. The maximum absolute atomic E-state index is 6.93. The molecule has 30 heavy (non-hydrogen) atoms. The molecule has 0 bridgehead atoms. The highest BCUT2D eigenvalue weighted by Crippen LogP contribution is 2.71. The van der Waals surface area contributed by atoms with Crippen molar-refractivity contribution in [2.75, 3.05) is 6.61 Å². The molecule has 4 aliphatic carbocycles. The van der Waals surface area contributed by atoms with Crippen LogP contribution in [0.1, 0.15) is 98.8 Å². The van der Waals surface area contributed by atoms with Gasteiger partial charge in [-0.25, -0.2) is 0 Å². The maximum Gasteiger partial charge on any atom is 0.171 e. The van der Waals surface area contributed by atoms with Crippen LogP contribution in [-0.4, -0.2) is 18.5 Å². The maximum atomic E-state index is 6.93. The second kappa shape index (κ2) is 6.72. The van der Waals surface area contributed by atoms with Gasteiger partial charge in [-0.3, -0.25) is 0 Å². The quantitative estimate of drug-likeness (QED) is 0.422. The van der Waals surface area contributed by atoms with E-state index in [1.807, 2.05) is 0 Å². The zero-order valence-electron chi connectivity index (χ0n) is 20.3. The van der Waals surface area contributed by atoms with Gasteiger partial charge < -0.3 is 9.47 Å². The van der Waals surface area contributed by atoms with Gasteiger partial charge in [-0.2, -0.15) is 0 Å². The van der Waals surface area contributed by atoms with Crippen LogP contribution in [0.3, 0.4) is 0 Å². The molecule has 6 rings (SSSR count). The van der Waals surface area contributed by atoms with E-state index in [1.165, 1.54) is 57.8 Å². The summed E-state index contributed by atoms with van der Waals surface area (Å²) in [7, 11) is 0. The van der Waals surface area contributed by atoms with Crippen LogP contribution in [0.4, 0.5) is 0 Å². The van der Waals surface area contributed by atoms with Crippen molar-refractivity contribution in [3.8, 4) is 0 Å². The van der Waals surface area contributed by atoms with Crippen molar-refractivity contribution in [2.45, 2.75) is 111 Å². The number of hydrogen-bond donors (Lipinski definition) is 0. The van der Waals surface area contributed by atoms with Crippen molar-refractivity contribution in [1.82, 2.24) is 0 Å². The average Bonchev–Trinajstić information content (AvgIpc) is 3.16. The lowest BCUT2D eigenvalue weighted by Gasteiger charge is -2.61. The van der Waals surface area contributed by atoms with Gasteiger partial charge in [0.25, 0.3) is 0 Å². The van der Waals surface area contributed by atoms with Crippen molar-refractivity contribution in [3.05, 3.63) is 0 Å². The second-order valence-corrected chi connectivity index (χ2v) is 13.6. The fraction of sp³-hybridized carbons (Fsp3) is 1.00. The first-order valence-electron chi connectivity index (χ1n) is 13.6. The third kappa shape index (κ3) is 2.62. The highest BCUT2D eigenvalue weighted by molar-refractivity contribution is 5.15. The van der Waals surface area contributed by atoms with Crippen LogP contribution in [-0.2, 0) is 9.47 Å². The highest BCUT2D eigenvalue weighted by atomic mass is 16.7. The van der Waals surface area contributed by atoms with Gasteiger partial charge in [-0.15, -0.1) is 0 Å². The van der Waals surface area contributed by atoms with E-state index < -0.39 is 0 Å². The lowest BCUT2D eigenvalue weighted by atomic mass is 9.44. The molecule has 170 valence electrons. The molecule has 2 nitrogen and oxygen atoms in total. The first-order valence-corrected chi connectivity index (χ1v) is 13.6. The van der Waals surface area contributed by atoms with Gasteiger partial charge in [0, 0.05) is 12.3 Å². The minimum absolute atomic E-state index is 0.254. The zero-order chi connectivity index (χ0) is 20.9. The monoisotopic (exact) mass is 414 g/mol. The first-order chi connectivity index (χ1) is 14.3. The number of hydrogen-bond acceptors (Lipinski definition) is 2. The number of rotatable bonds is 0. The highest BCUT2D eigenvalue weighted by Gasteiger charge is 2.69. The first kappa shape index (κ1) is 20.5. The van der Waals surface area contributed by atoms with Gasteiger partial charge in [0.15, 0.2) is 5.79 Å². The Kier molecular flexibility index (Phi) is 4.60. The third-order valence-corrected chi connectivity index (χ3v) is 12.2. The van der Waals surface area contributed by atoms with Crippen LogP contribution in [0.5, 0.6) is 0 Å². The summed E-state index contributed by atoms with van der Waals surface area (Å²) in [5.41, 5.74) is 1.11. The summed E-state index contributed by atoms with van der Waals surface area (Å²) in [5.74, 6) is 6.52. The molecule has 2 heterocycles. The molecular formula is C28H46O2. The van der Waals surface area contributed by atoms with Crippen LogP contribution in [0, 0.1) is 58.2 Å². The summed E-state index contributed by atoms with van der Waals surface area (Å²) < 4.78 is 13.4. The summed E-state index contributed by atoms with van der Waals surface area (Å²) >= 11 is 0. The van der Waals surface area contributed by atoms with Crippen LogP contribution in [0.2, 0.25) is 0 Å². The Bertz CT molecular complexity index is 680. The van der Waals surface area contributed by atoms with E-state index in [2.05, 4.69) is 34.6 Å².